The van der Waals surface area contributed by atoms with Gasteiger partial charge in [0.2, 0.25) is 11.8 Å². The highest BCUT2D eigenvalue weighted by atomic mass is 35.5. The molecule has 1 saturated heterocycles. The van der Waals surface area contributed by atoms with Gasteiger partial charge in [0.15, 0.2) is 0 Å². The lowest BCUT2D eigenvalue weighted by molar-refractivity contribution is -0.130. The van der Waals surface area contributed by atoms with Gasteiger partial charge in [-0.3, -0.25) is 4.79 Å². The summed E-state index contributed by atoms with van der Waals surface area (Å²) in [6, 6.07) is 13.4. The van der Waals surface area contributed by atoms with Crippen LogP contribution in [0.15, 0.2) is 42.5 Å². The Kier molecular flexibility index (Phi) is 5.36. The Morgan fingerprint density at radius 2 is 2.17 bits per heavy atom. The first-order valence-corrected chi connectivity index (χ1v) is 8.60. The molecule has 0 saturated carbocycles. The maximum atomic E-state index is 12.4. The Balaban J connectivity index is 1.49. The van der Waals surface area contributed by atoms with Crippen LogP contribution in [0.5, 0.6) is 5.88 Å². The predicted molar refractivity (Wildman–Crippen MR) is 94.4 cm³/mol. The zero-order valence-electron chi connectivity index (χ0n) is 13.7. The summed E-state index contributed by atoms with van der Waals surface area (Å²) in [7, 11) is 0. The molecular weight excluding hydrogens is 324 g/mol. The average molecular weight is 345 g/mol. The van der Waals surface area contributed by atoms with E-state index in [-0.39, 0.29) is 12.0 Å². The molecule has 1 fully saturated rings. The lowest BCUT2D eigenvalue weighted by atomic mass is 10.1. The molecule has 0 bridgehead atoms. The maximum Gasteiger partial charge on any atom is 0.223 e. The molecule has 1 atom stereocenters. The van der Waals surface area contributed by atoms with E-state index in [1.165, 1.54) is 0 Å². The number of hydrogen-bond acceptors (Lipinski definition) is 3. The molecule has 0 N–H and O–H groups in total. The average Bonchev–Trinajstić information content (AvgIpc) is 3.01. The Labute approximate surface area is 147 Å². The van der Waals surface area contributed by atoms with Crippen molar-refractivity contribution in [2.75, 3.05) is 13.1 Å². The number of carbonyl (C=O) groups is 1. The van der Waals surface area contributed by atoms with Gasteiger partial charge in [-0.25, -0.2) is 4.98 Å². The van der Waals surface area contributed by atoms with E-state index in [2.05, 4.69) is 4.98 Å². The normalized spacial score (nSPS) is 17.1. The molecule has 1 aromatic carbocycles. The third-order valence-electron chi connectivity index (χ3n) is 4.16. The Hall–Kier alpha value is -2.07. The van der Waals surface area contributed by atoms with E-state index in [0.717, 1.165) is 24.2 Å². The quantitative estimate of drug-likeness (QED) is 0.831. The molecule has 5 heteroatoms. The van der Waals surface area contributed by atoms with E-state index in [1.54, 1.807) is 0 Å². The molecule has 24 heavy (non-hydrogen) atoms. The molecule has 0 radical (unpaired) electrons. The van der Waals surface area contributed by atoms with Crippen molar-refractivity contribution in [1.29, 1.82) is 0 Å². The summed E-state index contributed by atoms with van der Waals surface area (Å²) in [6.07, 6.45) is 2.07. The molecule has 4 nitrogen and oxygen atoms in total. The van der Waals surface area contributed by atoms with E-state index < -0.39 is 0 Å². The van der Waals surface area contributed by atoms with E-state index in [9.17, 15) is 4.79 Å². The van der Waals surface area contributed by atoms with Crippen molar-refractivity contribution in [3.63, 3.8) is 0 Å². The number of likely N-dealkylation sites (tertiary alicyclic amines) is 1. The van der Waals surface area contributed by atoms with Gasteiger partial charge >= 0.3 is 0 Å². The van der Waals surface area contributed by atoms with Crippen LogP contribution < -0.4 is 4.74 Å². The summed E-state index contributed by atoms with van der Waals surface area (Å²) in [5, 5.41) is 0.709. The van der Waals surface area contributed by atoms with E-state index in [0.29, 0.717) is 30.3 Å². The van der Waals surface area contributed by atoms with Crippen molar-refractivity contribution in [2.24, 2.45) is 0 Å². The third-order valence-corrected chi connectivity index (χ3v) is 4.40. The number of nitrogens with zero attached hydrogens (tertiary/aromatic N) is 2. The summed E-state index contributed by atoms with van der Waals surface area (Å²) < 4.78 is 5.89. The molecule has 1 amide bonds. The van der Waals surface area contributed by atoms with Gasteiger partial charge in [-0.05, 0) is 37.1 Å². The van der Waals surface area contributed by atoms with Gasteiger partial charge in [0.25, 0.3) is 0 Å². The number of halogens is 1. The van der Waals surface area contributed by atoms with Gasteiger partial charge in [-0.2, -0.15) is 0 Å². The van der Waals surface area contributed by atoms with Crippen LogP contribution in [0.4, 0.5) is 0 Å². The Morgan fingerprint density at radius 3 is 2.96 bits per heavy atom. The first-order valence-electron chi connectivity index (χ1n) is 8.23. The Morgan fingerprint density at radius 1 is 1.33 bits per heavy atom. The van der Waals surface area contributed by atoms with Crippen molar-refractivity contribution in [3.8, 4) is 5.88 Å². The number of carbonyl (C=O) groups excluding carboxylic acids is 1. The van der Waals surface area contributed by atoms with Crippen LogP contribution >= 0.6 is 11.6 Å². The number of ether oxygens (including phenoxy) is 1. The maximum absolute atomic E-state index is 12.4. The minimum absolute atomic E-state index is 0.0226. The zero-order valence-corrected chi connectivity index (χ0v) is 14.5. The molecule has 0 aliphatic carbocycles. The van der Waals surface area contributed by atoms with Crippen molar-refractivity contribution >= 4 is 17.5 Å². The predicted octanol–water partition coefficient (Wildman–Crippen LogP) is 3.66. The van der Waals surface area contributed by atoms with E-state index in [4.69, 9.17) is 16.3 Å². The number of aryl methyl sites for hydroxylation is 2. The van der Waals surface area contributed by atoms with Gasteiger partial charge in [-0.1, -0.05) is 29.8 Å². The summed E-state index contributed by atoms with van der Waals surface area (Å²) in [6.45, 7) is 3.31. The molecule has 0 spiro atoms. The van der Waals surface area contributed by atoms with Gasteiger partial charge in [0.1, 0.15) is 6.10 Å². The summed E-state index contributed by atoms with van der Waals surface area (Å²) in [5.74, 6) is 0.798. The van der Waals surface area contributed by atoms with Crippen LogP contribution in [0.2, 0.25) is 5.02 Å². The lowest BCUT2D eigenvalue weighted by Crippen LogP contribution is -2.31. The van der Waals surface area contributed by atoms with Gasteiger partial charge < -0.3 is 9.64 Å². The van der Waals surface area contributed by atoms with Crippen LogP contribution in [0.1, 0.15) is 24.1 Å². The Bertz CT molecular complexity index is 720. The highest BCUT2D eigenvalue weighted by Gasteiger charge is 2.27. The smallest absolute Gasteiger partial charge is 0.223 e. The minimum Gasteiger partial charge on any atom is -0.472 e. The highest BCUT2D eigenvalue weighted by Crippen LogP contribution is 2.18. The molecule has 3 rings (SSSR count). The van der Waals surface area contributed by atoms with Gasteiger partial charge in [0.05, 0.1) is 6.54 Å². The number of rotatable bonds is 5. The SMILES string of the molecule is Cc1cccc(OC2CCN(C(=O)CCc3cccc(Cl)c3)C2)n1. The van der Waals surface area contributed by atoms with Crippen LogP contribution in [0, 0.1) is 6.92 Å². The molecule has 2 aromatic rings. The van der Waals surface area contributed by atoms with Gasteiger partial charge in [0, 0.05) is 36.2 Å². The third kappa shape index (κ3) is 4.48. The molecular formula is C19H21ClN2O2. The number of amides is 1. The second-order valence-electron chi connectivity index (χ2n) is 6.12. The first-order chi connectivity index (χ1) is 11.6. The van der Waals surface area contributed by atoms with Crippen molar-refractivity contribution in [1.82, 2.24) is 9.88 Å². The summed E-state index contributed by atoms with van der Waals surface area (Å²) >= 11 is 5.98. The van der Waals surface area contributed by atoms with E-state index >= 15 is 0 Å². The number of benzene rings is 1. The molecule has 1 aromatic heterocycles. The number of hydrogen-bond donors (Lipinski definition) is 0. The second kappa shape index (κ2) is 7.67. The topological polar surface area (TPSA) is 42.4 Å². The first kappa shape index (κ1) is 16.8. The summed E-state index contributed by atoms with van der Waals surface area (Å²) in [4.78, 5) is 18.6. The minimum atomic E-state index is 0.0226. The second-order valence-corrected chi connectivity index (χ2v) is 6.55. The van der Waals surface area contributed by atoms with E-state index in [1.807, 2.05) is 54.3 Å². The monoisotopic (exact) mass is 344 g/mol. The van der Waals surface area contributed by atoms with Crippen LogP contribution in [-0.4, -0.2) is 35.0 Å². The van der Waals surface area contributed by atoms with Crippen LogP contribution in [-0.2, 0) is 11.2 Å². The fourth-order valence-electron chi connectivity index (χ4n) is 2.91. The number of aromatic nitrogens is 1. The fourth-order valence-corrected chi connectivity index (χ4v) is 3.12. The summed E-state index contributed by atoms with van der Waals surface area (Å²) in [5.41, 5.74) is 2.02. The molecule has 1 aliphatic heterocycles. The van der Waals surface area contributed by atoms with Crippen molar-refractivity contribution in [2.45, 2.75) is 32.3 Å². The van der Waals surface area contributed by atoms with Crippen molar-refractivity contribution < 1.29 is 9.53 Å². The standard InChI is InChI=1S/C19H21ClN2O2/c1-14-4-2-7-18(21-14)24-17-10-11-22(13-17)19(23)9-8-15-5-3-6-16(20)12-15/h2-7,12,17H,8-11,13H2,1H3. The van der Waals surface area contributed by atoms with Crippen molar-refractivity contribution in [3.05, 3.63) is 58.7 Å². The lowest BCUT2D eigenvalue weighted by Gasteiger charge is -2.17. The zero-order chi connectivity index (χ0) is 16.9. The highest BCUT2D eigenvalue weighted by molar-refractivity contribution is 6.30. The molecule has 1 aliphatic rings. The van der Waals surface area contributed by atoms with Gasteiger partial charge in [-0.15, -0.1) is 0 Å². The van der Waals surface area contributed by atoms with Crippen LogP contribution in [0.3, 0.4) is 0 Å². The largest absolute Gasteiger partial charge is 0.472 e. The number of pyridine rings is 1. The molecule has 1 unspecified atom stereocenters. The fraction of sp³-hybridized carbons (Fsp3) is 0.368. The van der Waals surface area contributed by atoms with Crippen LogP contribution in [0.25, 0.3) is 0 Å². The molecule has 126 valence electrons. The molecule has 2 heterocycles.